The molecular formula is C21H23ClN2O3S. The Labute approximate surface area is 174 Å². The number of halogens is 1. The van der Waals surface area contributed by atoms with E-state index in [1.165, 1.54) is 29.3 Å². The number of hydrogen-bond donors (Lipinski definition) is 1. The number of rotatable bonds is 4. The van der Waals surface area contributed by atoms with Gasteiger partial charge in [0.05, 0.1) is 7.11 Å². The van der Waals surface area contributed by atoms with Gasteiger partial charge < -0.3 is 10.1 Å². The molecule has 2 aromatic carbocycles. The first-order valence-electron chi connectivity index (χ1n) is 9.05. The van der Waals surface area contributed by atoms with E-state index in [0.717, 1.165) is 5.56 Å². The maximum Gasteiger partial charge on any atom is 0.329 e. The Bertz CT molecular complexity index is 857. The number of benzene rings is 2. The normalized spacial score (nSPS) is 19.0. The lowest BCUT2D eigenvalue weighted by Gasteiger charge is -2.29. The van der Waals surface area contributed by atoms with Crippen molar-refractivity contribution in [3.63, 3.8) is 0 Å². The van der Waals surface area contributed by atoms with E-state index >= 15 is 0 Å². The number of methoxy groups -OCH3 is 1. The summed E-state index contributed by atoms with van der Waals surface area (Å²) >= 11 is 7.85. The minimum absolute atomic E-state index is 0.359. The summed E-state index contributed by atoms with van der Waals surface area (Å²) in [6.45, 7) is 4.23. The summed E-state index contributed by atoms with van der Waals surface area (Å²) in [5.74, 6) is 0.419. The highest BCUT2D eigenvalue weighted by atomic mass is 35.5. The molecule has 2 amide bonds. The van der Waals surface area contributed by atoms with Gasteiger partial charge in [0.2, 0.25) is 0 Å². The third kappa shape index (κ3) is 4.28. The molecule has 148 valence electrons. The highest BCUT2D eigenvalue weighted by molar-refractivity contribution is 7.99. The van der Waals surface area contributed by atoms with Crippen LogP contribution in [0.3, 0.4) is 0 Å². The summed E-state index contributed by atoms with van der Waals surface area (Å²) in [6.07, 6.45) is 0. The van der Waals surface area contributed by atoms with Gasteiger partial charge in [-0.05, 0) is 29.7 Å². The number of amides is 2. The van der Waals surface area contributed by atoms with Crippen molar-refractivity contribution in [3.05, 3.63) is 64.7 Å². The molecule has 0 radical (unpaired) electrons. The van der Waals surface area contributed by atoms with Crippen LogP contribution in [0.1, 0.15) is 36.3 Å². The second-order valence-corrected chi connectivity index (χ2v) is 8.38. The first-order valence-corrected chi connectivity index (χ1v) is 10.5. The maximum atomic E-state index is 13.1. The first-order chi connectivity index (χ1) is 13.4. The number of carbonyl (C=O) groups is 2. The monoisotopic (exact) mass is 418 g/mol. The first kappa shape index (κ1) is 20.6. The summed E-state index contributed by atoms with van der Waals surface area (Å²) in [7, 11) is 1.33. The highest BCUT2D eigenvalue weighted by Gasteiger charge is 2.43. The van der Waals surface area contributed by atoms with Crippen molar-refractivity contribution in [1.82, 2.24) is 4.90 Å². The van der Waals surface area contributed by atoms with E-state index in [2.05, 4.69) is 19.2 Å². The Morgan fingerprint density at radius 3 is 2.46 bits per heavy atom. The van der Waals surface area contributed by atoms with Gasteiger partial charge in [0.25, 0.3) is 0 Å². The fourth-order valence-electron chi connectivity index (χ4n) is 3.13. The SMILES string of the molecule is COC(=O)C1CSC(c2ccccc2Cl)N1C(=O)Nc1ccc(C(C)C)cc1. The number of thioether (sulfide) groups is 1. The van der Waals surface area contributed by atoms with Crippen molar-refractivity contribution in [1.29, 1.82) is 0 Å². The molecule has 0 saturated carbocycles. The molecule has 1 aliphatic heterocycles. The standard InChI is InChI=1S/C21H23ClN2O3S/c1-13(2)14-8-10-15(11-9-14)23-21(26)24-18(20(25)27-3)12-28-19(24)16-6-4-5-7-17(16)22/h4-11,13,18-19H,12H2,1-3H3,(H,23,26). The number of nitrogens with one attached hydrogen (secondary N) is 1. The Morgan fingerprint density at radius 1 is 1.18 bits per heavy atom. The van der Waals surface area contributed by atoms with Gasteiger partial charge >= 0.3 is 12.0 Å². The molecule has 1 fully saturated rings. The van der Waals surface area contributed by atoms with Crippen LogP contribution in [-0.4, -0.2) is 35.8 Å². The second kappa shape index (κ2) is 8.88. The lowest BCUT2D eigenvalue weighted by molar-refractivity contribution is -0.144. The fraction of sp³-hybridized carbons (Fsp3) is 0.333. The molecule has 28 heavy (non-hydrogen) atoms. The Hall–Kier alpha value is -2.18. The van der Waals surface area contributed by atoms with Crippen LogP contribution in [0.25, 0.3) is 0 Å². The quantitative estimate of drug-likeness (QED) is 0.686. The number of anilines is 1. The topological polar surface area (TPSA) is 58.6 Å². The molecule has 1 aliphatic rings. The van der Waals surface area contributed by atoms with Gasteiger partial charge in [-0.25, -0.2) is 9.59 Å². The number of esters is 1. The zero-order valence-electron chi connectivity index (χ0n) is 16.0. The van der Waals surface area contributed by atoms with Crippen LogP contribution >= 0.6 is 23.4 Å². The van der Waals surface area contributed by atoms with Gasteiger partial charge in [-0.15, -0.1) is 11.8 Å². The fourth-order valence-corrected chi connectivity index (χ4v) is 4.88. The van der Waals surface area contributed by atoms with Gasteiger partial charge in [-0.1, -0.05) is 55.8 Å². The van der Waals surface area contributed by atoms with Crippen molar-refractivity contribution in [3.8, 4) is 0 Å². The predicted molar refractivity (Wildman–Crippen MR) is 114 cm³/mol. The molecule has 3 rings (SSSR count). The van der Waals surface area contributed by atoms with E-state index in [0.29, 0.717) is 22.4 Å². The average Bonchev–Trinajstić information content (AvgIpc) is 3.13. The van der Waals surface area contributed by atoms with Crippen LogP contribution < -0.4 is 5.32 Å². The van der Waals surface area contributed by atoms with Crippen LogP contribution in [-0.2, 0) is 9.53 Å². The van der Waals surface area contributed by atoms with Crippen molar-refractivity contribution in [2.45, 2.75) is 31.2 Å². The van der Waals surface area contributed by atoms with Crippen LogP contribution in [0.15, 0.2) is 48.5 Å². The van der Waals surface area contributed by atoms with E-state index in [9.17, 15) is 9.59 Å². The van der Waals surface area contributed by atoms with E-state index in [-0.39, 0.29) is 11.4 Å². The molecule has 1 saturated heterocycles. The van der Waals surface area contributed by atoms with Gasteiger partial charge in [-0.2, -0.15) is 0 Å². The van der Waals surface area contributed by atoms with Crippen molar-refractivity contribution < 1.29 is 14.3 Å². The summed E-state index contributed by atoms with van der Waals surface area (Å²) in [5, 5.41) is 3.09. The van der Waals surface area contributed by atoms with Gasteiger partial charge in [0.15, 0.2) is 0 Å². The molecule has 0 aliphatic carbocycles. The lowest BCUT2D eigenvalue weighted by atomic mass is 10.0. The van der Waals surface area contributed by atoms with E-state index in [4.69, 9.17) is 16.3 Å². The molecule has 1 N–H and O–H groups in total. The van der Waals surface area contributed by atoms with E-state index < -0.39 is 12.0 Å². The molecule has 5 nitrogen and oxygen atoms in total. The number of ether oxygens (including phenoxy) is 1. The minimum atomic E-state index is -0.675. The molecule has 2 atom stereocenters. The van der Waals surface area contributed by atoms with Crippen molar-refractivity contribution in [2.24, 2.45) is 0 Å². The average molecular weight is 419 g/mol. The maximum absolute atomic E-state index is 13.1. The number of carbonyl (C=O) groups excluding carboxylic acids is 2. The number of nitrogens with zero attached hydrogens (tertiary/aromatic N) is 1. The van der Waals surface area contributed by atoms with Crippen LogP contribution in [0, 0.1) is 0 Å². The lowest BCUT2D eigenvalue weighted by Crippen LogP contribution is -2.45. The highest BCUT2D eigenvalue weighted by Crippen LogP contribution is 2.44. The minimum Gasteiger partial charge on any atom is -0.467 e. The Kier molecular flexibility index (Phi) is 6.52. The summed E-state index contributed by atoms with van der Waals surface area (Å²) < 4.78 is 4.91. The van der Waals surface area contributed by atoms with Crippen molar-refractivity contribution >= 4 is 41.1 Å². The molecule has 7 heteroatoms. The largest absolute Gasteiger partial charge is 0.467 e. The number of hydrogen-bond acceptors (Lipinski definition) is 4. The van der Waals surface area contributed by atoms with Gasteiger partial charge in [0.1, 0.15) is 11.4 Å². The van der Waals surface area contributed by atoms with E-state index in [1.807, 2.05) is 42.5 Å². The number of urea groups is 1. The predicted octanol–water partition coefficient (Wildman–Crippen LogP) is 5.28. The zero-order chi connectivity index (χ0) is 20.3. The molecule has 0 spiro atoms. The van der Waals surface area contributed by atoms with Gasteiger partial charge in [0, 0.05) is 22.0 Å². The third-order valence-electron chi connectivity index (χ3n) is 4.71. The van der Waals surface area contributed by atoms with Crippen molar-refractivity contribution in [2.75, 3.05) is 18.2 Å². The zero-order valence-corrected chi connectivity index (χ0v) is 17.6. The molecule has 0 aromatic heterocycles. The Balaban J connectivity index is 1.87. The van der Waals surface area contributed by atoms with E-state index in [1.54, 1.807) is 6.07 Å². The second-order valence-electron chi connectivity index (χ2n) is 6.86. The Morgan fingerprint density at radius 2 is 1.86 bits per heavy atom. The summed E-state index contributed by atoms with van der Waals surface area (Å²) in [6, 6.07) is 14.0. The molecule has 2 unspecified atom stereocenters. The molecule has 1 heterocycles. The van der Waals surface area contributed by atoms with Crippen LogP contribution in [0.2, 0.25) is 5.02 Å². The molecule has 0 bridgehead atoms. The summed E-state index contributed by atoms with van der Waals surface area (Å²) in [5.41, 5.74) is 2.66. The van der Waals surface area contributed by atoms with Crippen LogP contribution in [0.4, 0.5) is 10.5 Å². The van der Waals surface area contributed by atoms with Gasteiger partial charge in [-0.3, -0.25) is 4.90 Å². The molecule has 2 aromatic rings. The summed E-state index contributed by atoms with van der Waals surface area (Å²) in [4.78, 5) is 26.9. The molecular weight excluding hydrogens is 396 g/mol. The third-order valence-corrected chi connectivity index (χ3v) is 6.36. The van der Waals surface area contributed by atoms with Crippen LogP contribution in [0.5, 0.6) is 0 Å². The smallest absolute Gasteiger partial charge is 0.329 e.